The SMILES string of the molecule is CNC1CCCN(C(C)C(=O)N(C)Cc2ccc(OC)c(OC)c2)C1.Cl. The van der Waals surface area contributed by atoms with E-state index in [1.807, 2.05) is 39.2 Å². The summed E-state index contributed by atoms with van der Waals surface area (Å²) in [6, 6.07) is 6.12. The number of methoxy groups -OCH3 is 2. The Labute approximate surface area is 163 Å². The van der Waals surface area contributed by atoms with E-state index in [4.69, 9.17) is 9.47 Å². The van der Waals surface area contributed by atoms with Gasteiger partial charge in [-0.25, -0.2) is 0 Å². The number of carbonyl (C=O) groups is 1. The Morgan fingerprint density at radius 2 is 2.04 bits per heavy atom. The van der Waals surface area contributed by atoms with Crippen molar-refractivity contribution in [1.29, 1.82) is 0 Å². The molecular formula is C19H32ClN3O3. The summed E-state index contributed by atoms with van der Waals surface area (Å²) in [7, 11) is 7.08. The number of benzene rings is 1. The third-order valence-corrected chi connectivity index (χ3v) is 5.01. The van der Waals surface area contributed by atoms with Crippen molar-refractivity contribution in [2.24, 2.45) is 0 Å². The van der Waals surface area contributed by atoms with Crippen LogP contribution in [0.15, 0.2) is 18.2 Å². The number of carbonyl (C=O) groups excluding carboxylic acids is 1. The molecule has 1 aliphatic rings. The second-order valence-electron chi connectivity index (χ2n) is 6.68. The first-order valence-corrected chi connectivity index (χ1v) is 8.87. The molecule has 0 spiro atoms. The Morgan fingerprint density at radius 3 is 2.65 bits per heavy atom. The van der Waals surface area contributed by atoms with E-state index in [2.05, 4.69) is 10.2 Å². The standard InChI is InChI=1S/C19H31N3O3.ClH/c1-14(22-10-6-7-16(13-22)20-2)19(23)21(3)12-15-8-9-17(24-4)18(11-15)25-5;/h8-9,11,14,16,20H,6-7,10,12-13H2,1-5H3;1H. The number of nitrogens with one attached hydrogen (secondary N) is 1. The monoisotopic (exact) mass is 385 g/mol. The topological polar surface area (TPSA) is 54.0 Å². The fraction of sp³-hybridized carbons (Fsp3) is 0.632. The predicted octanol–water partition coefficient (Wildman–Crippen LogP) is 2.16. The Hall–Kier alpha value is -1.50. The summed E-state index contributed by atoms with van der Waals surface area (Å²) in [4.78, 5) is 16.9. The van der Waals surface area contributed by atoms with Crippen LogP contribution < -0.4 is 14.8 Å². The molecule has 2 rings (SSSR count). The lowest BCUT2D eigenvalue weighted by molar-refractivity contribution is -0.136. The first kappa shape index (κ1) is 22.5. The Morgan fingerprint density at radius 1 is 1.35 bits per heavy atom. The molecule has 6 nitrogen and oxygen atoms in total. The minimum Gasteiger partial charge on any atom is -0.493 e. The van der Waals surface area contributed by atoms with Crippen molar-refractivity contribution in [1.82, 2.24) is 15.1 Å². The predicted molar refractivity (Wildman–Crippen MR) is 106 cm³/mol. The number of rotatable bonds is 7. The molecule has 148 valence electrons. The van der Waals surface area contributed by atoms with Crippen LogP contribution >= 0.6 is 12.4 Å². The molecule has 1 aromatic carbocycles. The third-order valence-electron chi connectivity index (χ3n) is 5.01. The lowest BCUT2D eigenvalue weighted by Gasteiger charge is -2.37. The molecule has 0 saturated carbocycles. The van der Waals surface area contributed by atoms with Crippen LogP contribution in [0.1, 0.15) is 25.3 Å². The van der Waals surface area contributed by atoms with Crippen LogP contribution in [-0.4, -0.2) is 69.2 Å². The number of amides is 1. The van der Waals surface area contributed by atoms with Gasteiger partial charge in [-0.2, -0.15) is 0 Å². The highest BCUT2D eigenvalue weighted by molar-refractivity contribution is 5.85. The van der Waals surface area contributed by atoms with Crippen LogP contribution in [0.2, 0.25) is 0 Å². The van der Waals surface area contributed by atoms with Gasteiger partial charge in [0.15, 0.2) is 11.5 Å². The van der Waals surface area contributed by atoms with Gasteiger partial charge in [0, 0.05) is 26.2 Å². The van der Waals surface area contributed by atoms with Crippen molar-refractivity contribution in [3.8, 4) is 11.5 Å². The second-order valence-corrected chi connectivity index (χ2v) is 6.68. The average molecular weight is 386 g/mol. The van der Waals surface area contributed by atoms with Crippen LogP contribution in [0, 0.1) is 0 Å². The van der Waals surface area contributed by atoms with E-state index in [-0.39, 0.29) is 24.4 Å². The van der Waals surface area contributed by atoms with Crippen molar-refractivity contribution in [3.63, 3.8) is 0 Å². The van der Waals surface area contributed by atoms with Crippen molar-refractivity contribution in [2.75, 3.05) is 41.4 Å². The number of piperidine rings is 1. The number of nitrogens with zero attached hydrogens (tertiary/aromatic N) is 2. The number of hydrogen-bond donors (Lipinski definition) is 1. The van der Waals surface area contributed by atoms with Crippen molar-refractivity contribution >= 4 is 18.3 Å². The van der Waals surface area contributed by atoms with Crippen LogP contribution in [0.4, 0.5) is 0 Å². The number of ether oxygens (including phenoxy) is 2. The molecular weight excluding hydrogens is 354 g/mol. The molecule has 2 unspecified atom stereocenters. The lowest BCUT2D eigenvalue weighted by Crippen LogP contribution is -2.52. The molecule has 1 amide bonds. The van der Waals surface area contributed by atoms with Crippen LogP contribution in [-0.2, 0) is 11.3 Å². The third kappa shape index (κ3) is 5.50. The summed E-state index contributed by atoms with van der Waals surface area (Å²) >= 11 is 0. The maximum Gasteiger partial charge on any atom is 0.239 e. The number of likely N-dealkylation sites (N-methyl/N-ethyl adjacent to an activating group) is 2. The molecule has 0 bridgehead atoms. The van der Waals surface area contributed by atoms with Crippen molar-refractivity contribution in [3.05, 3.63) is 23.8 Å². The Kier molecular flexibility index (Phi) is 9.19. The molecule has 7 heteroatoms. The molecule has 0 aliphatic carbocycles. The largest absolute Gasteiger partial charge is 0.493 e. The van der Waals surface area contributed by atoms with E-state index < -0.39 is 0 Å². The molecule has 1 N–H and O–H groups in total. The second kappa shape index (κ2) is 10.6. The van der Waals surface area contributed by atoms with Gasteiger partial charge in [0.1, 0.15) is 0 Å². The van der Waals surface area contributed by atoms with Gasteiger partial charge >= 0.3 is 0 Å². The fourth-order valence-corrected chi connectivity index (χ4v) is 3.40. The molecule has 1 heterocycles. The van der Waals surface area contributed by atoms with Crippen LogP contribution in [0.5, 0.6) is 11.5 Å². The normalized spacial score (nSPS) is 18.6. The molecule has 1 aliphatic heterocycles. The number of halogens is 1. The van der Waals surface area contributed by atoms with Crippen LogP contribution in [0.25, 0.3) is 0 Å². The molecule has 1 saturated heterocycles. The lowest BCUT2D eigenvalue weighted by atomic mass is 10.0. The van der Waals surface area contributed by atoms with Gasteiger partial charge in [-0.1, -0.05) is 6.07 Å². The summed E-state index contributed by atoms with van der Waals surface area (Å²) in [5, 5.41) is 3.33. The van der Waals surface area contributed by atoms with Gasteiger partial charge in [-0.3, -0.25) is 9.69 Å². The van der Waals surface area contributed by atoms with Crippen LogP contribution in [0.3, 0.4) is 0 Å². The number of likely N-dealkylation sites (tertiary alicyclic amines) is 1. The van der Waals surface area contributed by atoms with Gasteiger partial charge in [0.25, 0.3) is 0 Å². The van der Waals surface area contributed by atoms with Crippen molar-refractivity contribution in [2.45, 2.75) is 38.4 Å². The summed E-state index contributed by atoms with van der Waals surface area (Å²) in [5.74, 6) is 1.52. The van der Waals surface area contributed by atoms with Gasteiger partial charge in [0.05, 0.1) is 20.3 Å². The molecule has 0 radical (unpaired) electrons. The van der Waals surface area contributed by atoms with E-state index in [9.17, 15) is 4.79 Å². The van der Waals surface area contributed by atoms with Gasteiger partial charge in [-0.05, 0) is 51.1 Å². The summed E-state index contributed by atoms with van der Waals surface area (Å²) < 4.78 is 10.6. The van der Waals surface area contributed by atoms with E-state index in [1.54, 1.807) is 19.1 Å². The number of hydrogen-bond acceptors (Lipinski definition) is 5. The maximum atomic E-state index is 12.8. The average Bonchev–Trinajstić information content (AvgIpc) is 2.66. The van der Waals surface area contributed by atoms with E-state index >= 15 is 0 Å². The fourth-order valence-electron chi connectivity index (χ4n) is 3.40. The minimum absolute atomic E-state index is 0. The van der Waals surface area contributed by atoms with Crippen molar-refractivity contribution < 1.29 is 14.3 Å². The summed E-state index contributed by atoms with van der Waals surface area (Å²) in [6.45, 7) is 4.46. The molecule has 1 fully saturated rings. The van der Waals surface area contributed by atoms with Gasteiger partial charge in [0.2, 0.25) is 5.91 Å². The molecule has 26 heavy (non-hydrogen) atoms. The zero-order valence-electron chi connectivity index (χ0n) is 16.4. The molecule has 1 aromatic rings. The summed E-state index contributed by atoms with van der Waals surface area (Å²) in [5.41, 5.74) is 1.02. The highest BCUT2D eigenvalue weighted by Gasteiger charge is 2.28. The van der Waals surface area contributed by atoms with E-state index in [1.165, 1.54) is 6.42 Å². The highest BCUT2D eigenvalue weighted by atomic mass is 35.5. The van der Waals surface area contributed by atoms with Gasteiger partial charge in [-0.15, -0.1) is 12.4 Å². The first-order valence-electron chi connectivity index (χ1n) is 8.87. The Bertz CT molecular complexity index is 585. The highest BCUT2D eigenvalue weighted by Crippen LogP contribution is 2.28. The van der Waals surface area contributed by atoms with Gasteiger partial charge < -0.3 is 19.7 Å². The zero-order chi connectivity index (χ0) is 18.4. The maximum absolute atomic E-state index is 12.8. The smallest absolute Gasteiger partial charge is 0.239 e. The first-order chi connectivity index (χ1) is 12.0. The molecule has 2 atom stereocenters. The van der Waals surface area contributed by atoms with E-state index in [0.717, 1.165) is 25.1 Å². The summed E-state index contributed by atoms with van der Waals surface area (Å²) in [6.07, 6.45) is 2.30. The Balaban J connectivity index is 0.00000338. The van der Waals surface area contributed by atoms with E-state index in [0.29, 0.717) is 24.1 Å². The minimum atomic E-state index is -0.110. The molecule has 0 aromatic heterocycles. The zero-order valence-corrected chi connectivity index (χ0v) is 17.3. The quantitative estimate of drug-likeness (QED) is 0.779.